The molecule has 1 rings (SSSR count). The lowest BCUT2D eigenvalue weighted by molar-refractivity contribution is 0.624. The fourth-order valence-electron chi connectivity index (χ4n) is 1.39. The number of hydrogen-bond acceptors (Lipinski definition) is 0. The van der Waals surface area contributed by atoms with Crippen LogP contribution >= 0.6 is 0 Å². The van der Waals surface area contributed by atoms with Crippen LogP contribution in [0.5, 0.6) is 0 Å². The molecule has 0 amide bonds. The van der Waals surface area contributed by atoms with E-state index in [0.29, 0.717) is 0 Å². The molecule has 0 heterocycles. The van der Waals surface area contributed by atoms with Gasteiger partial charge in [0, 0.05) is 0 Å². The first-order valence-corrected chi connectivity index (χ1v) is 6.32. The van der Waals surface area contributed by atoms with Crippen LogP contribution in [0.3, 0.4) is 0 Å². The third-order valence-corrected chi connectivity index (χ3v) is 2.40. The molecule has 0 atom stereocenters. The molecule has 1 aromatic rings. The van der Waals surface area contributed by atoms with Crippen molar-refractivity contribution < 1.29 is 0 Å². The van der Waals surface area contributed by atoms with E-state index in [4.69, 9.17) is 0 Å². The van der Waals surface area contributed by atoms with Crippen LogP contribution in [-0.2, 0) is 0 Å². The summed E-state index contributed by atoms with van der Waals surface area (Å²) in [5.41, 5.74) is 1.32. The van der Waals surface area contributed by atoms with E-state index in [1.165, 1.54) is 44.1 Å². The highest BCUT2D eigenvalue weighted by Gasteiger charge is 1.83. The van der Waals surface area contributed by atoms with Crippen molar-refractivity contribution in [2.24, 2.45) is 0 Å². The van der Waals surface area contributed by atoms with E-state index >= 15 is 0 Å². The molecular formula is C16H30. The van der Waals surface area contributed by atoms with Gasteiger partial charge in [-0.25, -0.2) is 0 Å². The van der Waals surface area contributed by atoms with E-state index in [1.54, 1.807) is 0 Å². The molecule has 0 saturated carbocycles. The maximum atomic E-state index is 2.26. The third kappa shape index (κ3) is 13.2. The number of benzene rings is 1. The van der Waals surface area contributed by atoms with Crippen molar-refractivity contribution in [3.63, 3.8) is 0 Å². The Balaban J connectivity index is 0. The molecule has 0 bridgehead atoms. The Bertz CT molecular complexity index is 195. The lowest BCUT2D eigenvalue weighted by Crippen LogP contribution is -1.73. The molecular weight excluding hydrogens is 192 g/mol. The largest absolute Gasteiger partial charge is 0.0776 e. The van der Waals surface area contributed by atoms with Gasteiger partial charge in [-0.1, -0.05) is 95.7 Å². The predicted octanol–water partition coefficient (Wildman–Crippen LogP) is 6.00. The molecule has 0 aliphatic rings. The summed E-state index contributed by atoms with van der Waals surface area (Å²) in [6.45, 7) is 6.60. The number of hydrogen-bond donors (Lipinski definition) is 0. The molecule has 16 heavy (non-hydrogen) atoms. The second kappa shape index (κ2) is 14.2. The average molecular weight is 222 g/mol. The van der Waals surface area contributed by atoms with Gasteiger partial charge < -0.3 is 0 Å². The quantitative estimate of drug-likeness (QED) is 0.536. The monoisotopic (exact) mass is 222 g/mol. The fraction of sp³-hybridized carbons (Fsp3) is 0.625. The first-order valence-electron chi connectivity index (χ1n) is 6.32. The van der Waals surface area contributed by atoms with E-state index in [0.717, 1.165) is 0 Å². The lowest BCUT2D eigenvalue weighted by Gasteiger charge is -1.93. The van der Waals surface area contributed by atoms with Gasteiger partial charge in [0.25, 0.3) is 0 Å². The van der Waals surface area contributed by atoms with Crippen molar-refractivity contribution in [3.05, 3.63) is 35.9 Å². The molecule has 0 unspecified atom stereocenters. The van der Waals surface area contributed by atoms with Gasteiger partial charge in [0.2, 0.25) is 0 Å². The molecule has 0 N–H and O–H groups in total. The third-order valence-electron chi connectivity index (χ3n) is 2.40. The Morgan fingerprint density at radius 2 is 1.19 bits per heavy atom. The number of rotatable bonds is 5. The Morgan fingerprint density at radius 3 is 1.44 bits per heavy atom. The van der Waals surface area contributed by atoms with Crippen LogP contribution < -0.4 is 0 Å². The average Bonchev–Trinajstić information content (AvgIpc) is 2.27. The van der Waals surface area contributed by atoms with Crippen LogP contribution in [0.2, 0.25) is 0 Å². The Kier molecular flexibility index (Phi) is 15.7. The van der Waals surface area contributed by atoms with Gasteiger partial charge in [-0.2, -0.15) is 0 Å². The Labute approximate surface area is 103 Å². The highest BCUT2D eigenvalue weighted by atomic mass is 13.9. The first kappa shape index (κ1) is 17.6. The summed E-state index contributed by atoms with van der Waals surface area (Å²) >= 11 is 0. The topological polar surface area (TPSA) is 0 Å². The molecule has 0 aliphatic carbocycles. The minimum Gasteiger partial charge on any atom is -0.0776 e. The Hall–Kier alpha value is -0.780. The SMILES string of the molecule is C.CCCCCCCC.Cc1ccccc1. The predicted molar refractivity (Wildman–Crippen MR) is 77.0 cm³/mol. The molecule has 0 radical (unpaired) electrons. The Morgan fingerprint density at radius 1 is 0.750 bits per heavy atom. The van der Waals surface area contributed by atoms with E-state index in [2.05, 4.69) is 32.9 Å². The summed E-state index contributed by atoms with van der Waals surface area (Å²) in [7, 11) is 0. The van der Waals surface area contributed by atoms with Gasteiger partial charge in [-0.05, 0) is 6.92 Å². The summed E-state index contributed by atoms with van der Waals surface area (Å²) in [6, 6.07) is 10.3. The summed E-state index contributed by atoms with van der Waals surface area (Å²) in [4.78, 5) is 0. The van der Waals surface area contributed by atoms with Gasteiger partial charge in [-0.15, -0.1) is 0 Å². The fourth-order valence-corrected chi connectivity index (χ4v) is 1.39. The molecule has 0 aliphatic heterocycles. The van der Waals surface area contributed by atoms with E-state index in [1.807, 2.05) is 18.2 Å². The van der Waals surface area contributed by atoms with Crippen LogP contribution in [-0.4, -0.2) is 0 Å². The van der Waals surface area contributed by atoms with Crippen molar-refractivity contribution in [1.82, 2.24) is 0 Å². The molecule has 0 heteroatoms. The zero-order chi connectivity index (χ0) is 11.4. The van der Waals surface area contributed by atoms with Crippen LogP contribution in [0.15, 0.2) is 30.3 Å². The highest BCUT2D eigenvalue weighted by molar-refractivity contribution is 5.11. The molecule has 94 valence electrons. The van der Waals surface area contributed by atoms with Crippen molar-refractivity contribution >= 4 is 0 Å². The van der Waals surface area contributed by atoms with Gasteiger partial charge >= 0.3 is 0 Å². The minimum atomic E-state index is 0. The molecule has 0 fully saturated rings. The maximum absolute atomic E-state index is 2.26. The maximum Gasteiger partial charge on any atom is -0.0398 e. The standard InChI is InChI=1S/C8H18.C7H8.CH4/c1-3-5-7-8-6-4-2;1-7-5-3-2-4-6-7;/h3-8H2,1-2H3;2-6H,1H3;1H4. The van der Waals surface area contributed by atoms with Crippen molar-refractivity contribution in [3.8, 4) is 0 Å². The van der Waals surface area contributed by atoms with Crippen LogP contribution in [0.4, 0.5) is 0 Å². The van der Waals surface area contributed by atoms with Gasteiger partial charge in [0.1, 0.15) is 0 Å². The van der Waals surface area contributed by atoms with E-state index < -0.39 is 0 Å². The van der Waals surface area contributed by atoms with Gasteiger partial charge in [-0.3, -0.25) is 0 Å². The first-order chi connectivity index (χ1) is 7.31. The van der Waals surface area contributed by atoms with Gasteiger partial charge in [0.05, 0.1) is 0 Å². The summed E-state index contributed by atoms with van der Waals surface area (Å²) in [6.07, 6.45) is 8.49. The normalized spacial score (nSPS) is 8.69. The second-order valence-electron chi connectivity index (χ2n) is 4.07. The highest BCUT2D eigenvalue weighted by Crippen LogP contribution is 2.03. The van der Waals surface area contributed by atoms with Crippen LogP contribution in [0, 0.1) is 6.92 Å². The molecule has 1 aromatic carbocycles. The summed E-state index contributed by atoms with van der Waals surface area (Å²) in [5.74, 6) is 0. The van der Waals surface area contributed by atoms with Crippen LogP contribution in [0.1, 0.15) is 65.4 Å². The molecule has 0 spiro atoms. The molecule has 0 nitrogen and oxygen atoms in total. The number of aryl methyl sites for hydroxylation is 1. The zero-order valence-electron chi connectivity index (χ0n) is 10.6. The van der Waals surface area contributed by atoms with E-state index in [9.17, 15) is 0 Å². The minimum absolute atomic E-state index is 0. The van der Waals surface area contributed by atoms with Crippen molar-refractivity contribution in [2.75, 3.05) is 0 Å². The summed E-state index contributed by atoms with van der Waals surface area (Å²) < 4.78 is 0. The smallest absolute Gasteiger partial charge is 0.0398 e. The van der Waals surface area contributed by atoms with E-state index in [-0.39, 0.29) is 7.43 Å². The van der Waals surface area contributed by atoms with Crippen LogP contribution in [0.25, 0.3) is 0 Å². The van der Waals surface area contributed by atoms with Crippen molar-refractivity contribution in [2.45, 2.75) is 66.7 Å². The second-order valence-corrected chi connectivity index (χ2v) is 4.07. The van der Waals surface area contributed by atoms with Crippen molar-refractivity contribution in [1.29, 1.82) is 0 Å². The number of unbranched alkanes of at least 4 members (excludes halogenated alkanes) is 5. The lowest BCUT2D eigenvalue weighted by atomic mass is 10.1. The zero-order valence-corrected chi connectivity index (χ0v) is 10.6. The molecule has 0 aromatic heterocycles. The summed E-state index contributed by atoms with van der Waals surface area (Å²) in [5, 5.41) is 0. The molecule has 0 saturated heterocycles. The van der Waals surface area contributed by atoms with Gasteiger partial charge in [0.15, 0.2) is 0 Å².